The summed E-state index contributed by atoms with van der Waals surface area (Å²) in [4.78, 5) is 5.80. The van der Waals surface area contributed by atoms with Crippen LogP contribution < -0.4 is 5.48 Å². The van der Waals surface area contributed by atoms with Crippen LogP contribution in [-0.2, 0) is 4.84 Å². The summed E-state index contributed by atoms with van der Waals surface area (Å²) in [5, 5.41) is 8.98. The first-order valence-corrected chi connectivity index (χ1v) is 6.54. The number of hydrogen-bond donors (Lipinski definition) is 2. The first-order chi connectivity index (χ1) is 7.47. The number of nitrogens with one attached hydrogen (secondary N) is 1. The SMILES string of the molecule is CC(C)(CCO)ONC1(C)CC(C)(C)C1(C)C. The van der Waals surface area contributed by atoms with E-state index in [1.807, 2.05) is 13.8 Å². The maximum Gasteiger partial charge on any atom is 0.0862 e. The molecule has 3 nitrogen and oxygen atoms in total. The highest BCUT2D eigenvalue weighted by Gasteiger charge is 2.62. The van der Waals surface area contributed by atoms with Gasteiger partial charge in [-0.1, -0.05) is 27.7 Å². The number of hydroxylamine groups is 1. The molecule has 0 aromatic rings. The van der Waals surface area contributed by atoms with Crippen LogP contribution in [0.1, 0.15) is 61.3 Å². The molecule has 0 heterocycles. The summed E-state index contributed by atoms with van der Waals surface area (Å²) in [5.41, 5.74) is 3.46. The third-order valence-electron chi connectivity index (χ3n) is 5.13. The van der Waals surface area contributed by atoms with Gasteiger partial charge in [-0.15, -0.1) is 0 Å². The Morgan fingerprint density at radius 2 is 1.71 bits per heavy atom. The Bertz CT molecular complexity index is 284. The number of hydrogen-bond acceptors (Lipinski definition) is 3. The van der Waals surface area contributed by atoms with E-state index in [4.69, 9.17) is 9.94 Å². The fourth-order valence-corrected chi connectivity index (χ4v) is 2.70. The molecule has 102 valence electrons. The van der Waals surface area contributed by atoms with Crippen LogP contribution in [0.5, 0.6) is 0 Å². The predicted molar refractivity (Wildman–Crippen MR) is 70.6 cm³/mol. The van der Waals surface area contributed by atoms with Crippen molar-refractivity contribution in [3.8, 4) is 0 Å². The van der Waals surface area contributed by atoms with Crippen molar-refractivity contribution in [3.05, 3.63) is 0 Å². The lowest BCUT2D eigenvalue weighted by Gasteiger charge is -2.66. The van der Waals surface area contributed by atoms with Crippen molar-refractivity contribution in [1.29, 1.82) is 0 Å². The van der Waals surface area contributed by atoms with Crippen molar-refractivity contribution in [3.63, 3.8) is 0 Å². The Morgan fingerprint density at radius 3 is 2.06 bits per heavy atom. The summed E-state index contributed by atoms with van der Waals surface area (Å²) >= 11 is 0. The Kier molecular flexibility index (Phi) is 3.70. The van der Waals surface area contributed by atoms with Gasteiger partial charge in [-0.2, -0.15) is 5.48 Å². The molecule has 0 spiro atoms. The van der Waals surface area contributed by atoms with Crippen molar-refractivity contribution >= 4 is 0 Å². The Morgan fingerprint density at radius 1 is 1.18 bits per heavy atom. The van der Waals surface area contributed by atoms with E-state index in [2.05, 4.69) is 40.1 Å². The molecule has 1 atom stereocenters. The van der Waals surface area contributed by atoms with Gasteiger partial charge >= 0.3 is 0 Å². The molecule has 2 N–H and O–H groups in total. The van der Waals surface area contributed by atoms with Gasteiger partial charge in [-0.05, 0) is 38.0 Å². The average molecular weight is 243 g/mol. The van der Waals surface area contributed by atoms with Crippen LogP contribution in [0.4, 0.5) is 0 Å². The largest absolute Gasteiger partial charge is 0.396 e. The molecule has 1 aliphatic rings. The van der Waals surface area contributed by atoms with Crippen molar-refractivity contribution in [2.75, 3.05) is 6.61 Å². The molecule has 1 saturated carbocycles. The molecule has 0 aromatic carbocycles. The van der Waals surface area contributed by atoms with Gasteiger partial charge in [0.05, 0.1) is 5.60 Å². The fourth-order valence-electron chi connectivity index (χ4n) is 2.70. The van der Waals surface area contributed by atoms with E-state index in [0.717, 1.165) is 6.42 Å². The Labute approximate surface area is 106 Å². The maximum absolute atomic E-state index is 8.98. The van der Waals surface area contributed by atoms with E-state index in [-0.39, 0.29) is 23.2 Å². The van der Waals surface area contributed by atoms with Crippen LogP contribution in [0.25, 0.3) is 0 Å². The monoisotopic (exact) mass is 243 g/mol. The lowest BCUT2D eigenvalue weighted by molar-refractivity contribution is -0.223. The maximum atomic E-state index is 8.98. The molecule has 0 aliphatic heterocycles. The zero-order chi connectivity index (χ0) is 13.5. The molecule has 17 heavy (non-hydrogen) atoms. The minimum Gasteiger partial charge on any atom is -0.396 e. The van der Waals surface area contributed by atoms with E-state index < -0.39 is 0 Å². The summed E-state index contributed by atoms with van der Waals surface area (Å²) in [7, 11) is 0. The van der Waals surface area contributed by atoms with Gasteiger partial charge in [-0.3, -0.25) is 4.84 Å². The standard InChI is InChI=1S/C14H29NO2/c1-11(2)10-14(7,13(11,5)6)15-17-12(3,4)8-9-16/h15-16H,8-10H2,1-7H3. The van der Waals surface area contributed by atoms with Gasteiger partial charge in [0.1, 0.15) is 0 Å². The second-order valence-corrected chi connectivity index (χ2v) is 7.46. The molecule has 0 radical (unpaired) electrons. The number of aliphatic hydroxyl groups is 1. The molecule has 0 bridgehead atoms. The van der Waals surface area contributed by atoms with Crippen LogP contribution in [0.2, 0.25) is 0 Å². The molecule has 0 amide bonds. The summed E-state index contributed by atoms with van der Waals surface area (Å²) in [6.07, 6.45) is 1.74. The molecule has 1 fully saturated rings. The highest BCUT2D eigenvalue weighted by Crippen LogP contribution is 2.62. The van der Waals surface area contributed by atoms with Crippen LogP contribution in [-0.4, -0.2) is 22.9 Å². The van der Waals surface area contributed by atoms with E-state index in [1.54, 1.807) is 0 Å². The lowest BCUT2D eigenvalue weighted by Crippen LogP contribution is -2.71. The van der Waals surface area contributed by atoms with Crippen LogP contribution in [0, 0.1) is 10.8 Å². The highest BCUT2D eigenvalue weighted by atomic mass is 16.7. The smallest absolute Gasteiger partial charge is 0.0862 e. The summed E-state index contributed by atoms with van der Waals surface area (Å²) in [6, 6.07) is 0. The topological polar surface area (TPSA) is 41.5 Å². The molecule has 3 heteroatoms. The van der Waals surface area contributed by atoms with E-state index in [9.17, 15) is 0 Å². The van der Waals surface area contributed by atoms with Crippen LogP contribution in [0.15, 0.2) is 0 Å². The molecule has 0 aromatic heterocycles. The van der Waals surface area contributed by atoms with Crippen molar-refractivity contribution in [2.24, 2.45) is 10.8 Å². The van der Waals surface area contributed by atoms with E-state index in [0.29, 0.717) is 11.8 Å². The van der Waals surface area contributed by atoms with Crippen LogP contribution >= 0.6 is 0 Å². The summed E-state index contributed by atoms with van der Waals surface area (Å²) in [5.74, 6) is 0. The molecule has 1 rings (SSSR count). The second kappa shape index (κ2) is 4.22. The predicted octanol–water partition coefficient (Wildman–Crippen LogP) is 2.88. The third kappa shape index (κ3) is 2.51. The fraction of sp³-hybridized carbons (Fsp3) is 1.00. The quantitative estimate of drug-likeness (QED) is 0.730. The van der Waals surface area contributed by atoms with Crippen molar-refractivity contribution in [2.45, 2.75) is 72.4 Å². The minimum absolute atomic E-state index is 0.00320. The van der Waals surface area contributed by atoms with Gasteiger partial charge in [0, 0.05) is 18.6 Å². The summed E-state index contributed by atoms with van der Waals surface area (Å²) < 4.78 is 0. The molecular weight excluding hydrogens is 214 g/mol. The van der Waals surface area contributed by atoms with Gasteiger partial charge in [-0.25, -0.2) is 0 Å². The van der Waals surface area contributed by atoms with Gasteiger partial charge in [0.15, 0.2) is 0 Å². The average Bonchev–Trinajstić information content (AvgIpc) is 2.14. The minimum atomic E-state index is -0.326. The normalized spacial score (nSPS) is 31.1. The number of aliphatic hydroxyl groups excluding tert-OH is 1. The van der Waals surface area contributed by atoms with Gasteiger partial charge in [0.2, 0.25) is 0 Å². The van der Waals surface area contributed by atoms with Crippen molar-refractivity contribution < 1.29 is 9.94 Å². The number of rotatable bonds is 5. The highest BCUT2D eigenvalue weighted by molar-refractivity contribution is 5.14. The summed E-state index contributed by atoms with van der Waals surface area (Å²) in [6.45, 7) is 15.5. The third-order valence-corrected chi connectivity index (χ3v) is 5.13. The van der Waals surface area contributed by atoms with E-state index >= 15 is 0 Å². The van der Waals surface area contributed by atoms with Gasteiger partial charge < -0.3 is 5.11 Å². The van der Waals surface area contributed by atoms with Crippen LogP contribution in [0.3, 0.4) is 0 Å². The zero-order valence-electron chi connectivity index (χ0n) is 12.5. The zero-order valence-corrected chi connectivity index (χ0v) is 12.5. The van der Waals surface area contributed by atoms with Gasteiger partial charge in [0.25, 0.3) is 0 Å². The molecule has 1 unspecified atom stereocenters. The molecule has 1 aliphatic carbocycles. The lowest BCUT2D eigenvalue weighted by atomic mass is 9.43. The Hall–Kier alpha value is -0.120. The van der Waals surface area contributed by atoms with Crippen molar-refractivity contribution in [1.82, 2.24) is 5.48 Å². The molecular formula is C14H29NO2. The first-order valence-electron chi connectivity index (χ1n) is 6.54. The second-order valence-electron chi connectivity index (χ2n) is 7.46. The first kappa shape index (κ1) is 14.9. The Balaban J connectivity index is 2.60. The van der Waals surface area contributed by atoms with E-state index in [1.165, 1.54) is 0 Å². The molecule has 0 saturated heterocycles.